The Balaban J connectivity index is 1.82. The van der Waals surface area contributed by atoms with E-state index in [0.29, 0.717) is 0 Å². The second-order valence-corrected chi connectivity index (χ2v) is 6.18. The number of hydrogen-bond acceptors (Lipinski definition) is 5. The van der Waals surface area contributed by atoms with Gasteiger partial charge in [-0.15, -0.1) is 18.3 Å². The average molecular weight is 401 g/mol. The van der Waals surface area contributed by atoms with E-state index < -0.39 is 36.1 Å². The number of para-hydroxylation sites is 1. The molecule has 0 bridgehead atoms. The van der Waals surface area contributed by atoms with Crippen molar-refractivity contribution in [3.63, 3.8) is 0 Å². The van der Waals surface area contributed by atoms with E-state index in [1.165, 1.54) is 29.1 Å². The monoisotopic (exact) mass is 401 g/mol. The van der Waals surface area contributed by atoms with Crippen molar-refractivity contribution >= 4 is 11.8 Å². The third kappa shape index (κ3) is 4.38. The summed E-state index contributed by atoms with van der Waals surface area (Å²) in [7, 11) is 0. The van der Waals surface area contributed by atoms with E-state index >= 15 is 0 Å². The molecule has 1 aromatic heterocycles. The topological polar surface area (TPSA) is 103 Å². The number of alkyl halides is 4. The van der Waals surface area contributed by atoms with Crippen molar-refractivity contribution in [2.45, 2.75) is 31.5 Å². The highest BCUT2D eigenvalue weighted by Crippen LogP contribution is 2.30. The third-order valence-electron chi connectivity index (χ3n) is 4.16. The van der Waals surface area contributed by atoms with Crippen molar-refractivity contribution in [3.05, 3.63) is 41.7 Å². The largest absolute Gasteiger partial charge is 0.573 e. The van der Waals surface area contributed by atoms with E-state index in [9.17, 15) is 27.2 Å². The van der Waals surface area contributed by atoms with Gasteiger partial charge in [0.2, 0.25) is 0 Å². The van der Waals surface area contributed by atoms with E-state index in [-0.39, 0.29) is 30.8 Å². The van der Waals surface area contributed by atoms with Crippen LogP contribution in [0, 0.1) is 0 Å². The van der Waals surface area contributed by atoms with Crippen LogP contribution in [0.5, 0.6) is 5.75 Å². The quantitative estimate of drug-likeness (QED) is 0.766. The number of rotatable bonds is 5. The number of halogens is 4. The molecule has 1 saturated heterocycles. The summed E-state index contributed by atoms with van der Waals surface area (Å²) in [6.07, 6.45) is -5.13. The molecule has 0 unspecified atom stereocenters. The van der Waals surface area contributed by atoms with Gasteiger partial charge < -0.3 is 15.4 Å². The number of likely N-dealkylation sites (tertiary alicyclic amines) is 1. The summed E-state index contributed by atoms with van der Waals surface area (Å²) in [5.41, 5.74) is 4.65. The molecule has 150 valence electrons. The van der Waals surface area contributed by atoms with Crippen LogP contribution in [-0.2, 0) is 6.54 Å². The molecule has 12 heteroatoms. The second kappa shape index (κ2) is 7.44. The minimum Gasteiger partial charge on any atom is -0.405 e. The molecule has 0 spiro atoms. The van der Waals surface area contributed by atoms with Gasteiger partial charge in [0.1, 0.15) is 11.9 Å². The Labute approximate surface area is 155 Å². The van der Waals surface area contributed by atoms with Crippen molar-refractivity contribution in [1.29, 1.82) is 0 Å². The lowest BCUT2D eigenvalue weighted by Crippen LogP contribution is -2.38. The van der Waals surface area contributed by atoms with Crippen LogP contribution in [0.1, 0.15) is 27.3 Å². The normalized spacial score (nSPS) is 19.6. The number of carbonyl (C=O) groups is 2. The first-order valence-corrected chi connectivity index (χ1v) is 8.14. The maximum Gasteiger partial charge on any atom is 0.573 e. The summed E-state index contributed by atoms with van der Waals surface area (Å²) < 4.78 is 56.9. The first-order chi connectivity index (χ1) is 13.1. The van der Waals surface area contributed by atoms with Gasteiger partial charge >= 0.3 is 6.36 Å². The van der Waals surface area contributed by atoms with Gasteiger partial charge in [-0.2, -0.15) is 0 Å². The minimum atomic E-state index is -4.98. The van der Waals surface area contributed by atoms with E-state index in [1.54, 1.807) is 0 Å². The fourth-order valence-corrected chi connectivity index (χ4v) is 3.01. The fourth-order valence-electron chi connectivity index (χ4n) is 3.01. The van der Waals surface area contributed by atoms with Crippen LogP contribution in [0.4, 0.5) is 17.6 Å². The highest BCUT2D eigenvalue weighted by Gasteiger charge is 2.38. The molecule has 1 fully saturated rings. The van der Waals surface area contributed by atoms with Gasteiger partial charge in [0.25, 0.3) is 11.8 Å². The lowest BCUT2D eigenvalue weighted by Gasteiger charge is -2.25. The Morgan fingerprint density at radius 1 is 1.29 bits per heavy atom. The van der Waals surface area contributed by atoms with Crippen LogP contribution < -0.4 is 10.5 Å². The van der Waals surface area contributed by atoms with E-state index in [4.69, 9.17) is 5.73 Å². The van der Waals surface area contributed by atoms with Gasteiger partial charge in [-0.1, -0.05) is 17.3 Å². The highest BCUT2D eigenvalue weighted by atomic mass is 19.4. The molecule has 1 aromatic carbocycles. The van der Waals surface area contributed by atoms with Crippen LogP contribution in [0.25, 0.3) is 0 Å². The molecule has 0 radical (unpaired) electrons. The molecule has 2 aromatic rings. The molecule has 2 heterocycles. The van der Waals surface area contributed by atoms with Gasteiger partial charge in [0.05, 0.1) is 30.9 Å². The molecule has 8 nitrogen and oxygen atoms in total. The van der Waals surface area contributed by atoms with Crippen LogP contribution in [-0.4, -0.2) is 56.8 Å². The van der Waals surface area contributed by atoms with Crippen molar-refractivity contribution in [1.82, 2.24) is 19.9 Å². The van der Waals surface area contributed by atoms with E-state index in [0.717, 1.165) is 11.0 Å². The Hall–Kier alpha value is -3.18. The molecule has 0 saturated carbocycles. The predicted octanol–water partition coefficient (Wildman–Crippen LogP) is 1.53. The fraction of sp³-hybridized carbons (Fsp3) is 0.375. The molecular weight excluding hydrogens is 386 g/mol. The van der Waals surface area contributed by atoms with Crippen molar-refractivity contribution < 1.29 is 31.9 Å². The molecule has 2 N–H and O–H groups in total. The summed E-state index contributed by atoms with van der Waals surface area (Å²) in [6, 6.07) is 4.15. The minimum absolute atomic E-state index is 0.00522. The Kier molecular flexibility index (Phi) is 5.21. The first-order valence-electron chi connectivity index (χ1n) is 8.14. The van der Waals surface area contributed by atoms with Gasteiger partial charge in [-0.3, -0.25) is 9.59 Å². The lowest BCUT2D eigenvalue weighted by atomic mass is 10.1. The summed E-state index contributed by atoms with van der Waals surface area (Å²) in [5.74, 6) is -2.27. The smallest absolute Gasteiger partial charge is 0.405 e. The van der Waals surface area contributed by atoms with E-state index in [2.05, 4.69) is 15.0 Å². The Morgan fingerprint density at radius 3 is 2.64 bits per heavy atom. The number of nitrogens with two attached hydrogens (primary N) is 1. The summed E-state index contributed by atoms with van der Waals surface area (Å²) in [5, 5.41) is 7.25. The number of carbonyl (C=O) groups excluding carboxylic acids is 2. The Bertz CT molecular complexity index is 885. The van der Waals surface area contributed by atoms with Crippen LogP contribution in [0.15, 0.2) is 30.5 Å². The zero-order valence-corrected chi connectivity index (χ0v) is 14.3. The number of benzene rings is 1. The standard InChI is InChI=1S/C16H15F4N5O3/c17-9-5-10(7-24-8-12(14(21)26)22-23-24)25(6-9)15(27)11-3-1-2-4-13(11)28-16(18,19)20/h1-4,8-10H,5-7H2,(H2,21,26)/t9-,10-/m0/s1. The number of ether oxygens (including phenoxy) is 1. The van der Waals surface area contributed by atoms with Crippen molar-refractivity contribution in [2.75, 3.05) is 6.54 Å². The number of amides is 2. The molecular formula is C16H15F4N5O3. The molecule has 2 atom stereocenters. The maximum absolute atomic E-state index is 14.0. The Morgan fingerprint density at radius 2 is 2.00 bits per heavy atom. The number of hydrogen-bond donors (Lipinski definition) is 1. The van der Waals surface area contributed by atoms with Crippen molar-refractivity contribution in [2.24, 2.45) is 5.73 Å². The molecule has 1 aliphatic rings. The molecule has 3 rings (SSSR count). The SMILES string of the molecule is NC(=O)c1cn(C[C@@H]2C[C@H](F)CN2C(=O)c2ccccc2OC(F)(F)F)nn1. The van der Waals surface area contributed by atoms with Crippen LogP contribution >= 0.6 is 0 Å². The average Bonchev–Trinajstić information content (AvgIpc) is 3.20. The molecule has 1 aliphatic heterocycles. The number of aromatic nitrogens is 3. The summed E-state index contributed by atoms with van der Waals surface area (Å²) in [6.45, 7) is -0.296. The first kappa shape index (κ1) is 19.6. The van der Waals surface area contributed by atoms with Crippen molar-refractivity contribution in [3.8, 4) is 5.75 Å². The third-order valence-corrected chi connectivity index (χ3v) is 4.16. The number of nitrogens with zero attached hydrogens (tertiary/aromatic N) is 4. The second-order valence-electron chi connectivity index (χ2n) is 6.18. The lowest BCUT2D eigenvalue weighted by molar-refractivity contribution is -0.274. The summed E-state index contributed by atoms with van der Waals surface area (Å²) in [4.78, 5) is 25.0. The molecule has 28 heavy (non-hydrogen) atoms. The number of primary amides is 1. The van der Waals surface area contributed by atoms with Crippen LogP contribution in [0.2, 0.25) is 0 Å². The molecule has 0 aliphatic carbocycles. The van der Waals surface area contributed by atoms with E-state index in [1.807, 2.05) is 0 Å². The van der Waals surface area contributed by atoms with Gasteiger partial charge in [-0.05, 0) is 12.1 Å². The molecule has 2 amide bonds. The highest BCUT2D eigenvalue weighted by molar-refractivity contribution is 5.97. The van der Waals surface area contributed by atoms with Gasteiger partial charge in [-0.25, -0.2) is 9.07 Å². The van der Waals surface area contributed by atoms with Crippen LogP contribution in [0.3, 0.4) is 0 Å². The maximum atomic E-state index is 14.0. The van der Waals surface area contributed by atoms with Gasteiger partial charge in [0, 0.05) is 6.42 Å². The predicted molar refractivity (Wildman–Crippen MR) is 86.0 cm³/mol. The zero-order chi connectivity index (χ0) is 20.5. The zero-order valence-electron chi connectivity index (χ0n) is 14.3. The summed E-state index contributed by atoms with van der Waals surface area (Å²) >= 11 is 0. The van der Waals surface area contributed by atoms with Gasteiger partial charge in [0.15, 0.2) is 5.69 Å².